The van der Waals surface area contributed by atoms with Crippen molar-refractivity contribution in [2.24, 2.45) is 5.92 Å². The molecule has 0 bridgehead atoms. The Morgan fingerprint density at radius 1 is 1.47 bits per heavy atom. The van der Waals surface area contributed by atoms with Gasteiger partial charge in [0.15, 0.2) is 0 Å². The zero-order valence-corrected chi connectivity index (χ0v) is 10.8. The van der Waals surface area contributed by atoms with Gasteiger partial charge in [-0.15, -0.1) is 0 Å². The number of esters is 1. The number of aromatic nitrogens is 1. The molecule has 0 spiro atoms. The van der Waals surface area contributed by atoms with Crippen LogP contribution < -0.4 is 5.32 Å². The molecule has 1 aromatic rings. The van der Waals surface area contributed by atoms with Gasteiger partial charge in [-0.05, 0) is 12.1 Å². The fourth-order valence-electron chi connectivity index (χ4n) is 1.55. The summed E-state index contributed by atoms with van der Waals surface area (Å²) in [6, 6.07) is 4.21. The standard InChI is InChI=1S/C13H15N3O3/c1-9(3-6-14)11(13(18)19-2)16-12(17)10-4-7-15-8-5-10/h4-5,7-9,11H,3H2,1-2H3,(H,16,17)/t9-,11+/m1/s1. The molecule has 0 aliphatic rings. The van der Waals surface area contributed by atoms with Gasteiger partial charge in [-0.25, -0.2) is 4.79 Å². The molecule has 2 atom stereocenters. The van der Waals surface area contributed by atoms with Crippen LogP contribution in [-0.4, -0.2) is 30.0 Å². The maximum absolute atomic E-state index is 12.0. The molecule has 19 heavy (non-hydrogen) atoms. The molecule has 1 N–H and O–H groups in total. The minimum absolute atomic E-state index is 0.149. The van der Waals surface area contributed by atoms with Crippen LogP contribution in [0.25, 0.3) is 0 Å². The lowest BCUT2D eigenvalue weighted by atomic mass is 9.98. The van der Waals surface area contributed by atoms with E-state index in [2.05, 4.69) is 15.0 Å². The maximum atomic E-state index is 12.0. The number of nitrogens with zero attached hydrogens (tertiary/aromatic N) is 2. The molecule has 1 amide bonds. The van der Waals surface area contributed by atoms with Crippen molar-refractivity contribution in [1.29, 1.82) is 5.26 Å². The molecule has 1 aromatic heterocycles. The number of pyridine rings is 1. The highest BCUT2D eigenvalue weighted by molar-refractivity contribution is 5.96. The minimum atomic E-state index is -0.842. The molecule has 1 heterocycles. The van der Waals surface area contributed by atoms with E-state index in [9.17, 15) is 9.59 Å². The molecule has 0 unspecified atom stereocenters. The lowest BCUT2D eigenvalue weighted by molar-refractivity contribution is -0.144. The molecular weight excluding hydrogens is 246 g/mol. The van der Waals surface area contributed by atoms with Crippen molar-refractivity contribution in [2.75, 3.05) is 7.11 Å². The van der Waals surface area contributed by atoms with Crippen LogP contribution in [-0.2, 0) is 9.53 Å². The van der Waals surface area contributed by atoms with Crippen LogP contribution in [0.2, 0.25) is 0 Å². The molecule has 0 aromatic carbocycles. The summed E-state index contributed by atoms with van der Waals surface area (Å²) in [5, 5.41) is 11.2. The minimum Gasteiger partial charge on any atom is -0.467 e. The molecule has 0 aliphatic carbocycles. The van der Waals surface area contributed by atoms with Crippen LogP contribution in [0.1, 0.15) is 23.7 Å². The monoisotopic (exact) mass is 261 g/mol. The maximum Gasteiger partial charge on any atom is 0.328 e. The Morgan fingerprint density at radius 3 is 2.63 bits per heavy atom. The second kappa shape index (κ2) is 7.11. The van der Waals surface area contributed by atoms with E-state index in [-0.39, 0.29) is 12.3 Å². The lowest BCUT2D eigenvalue weighted by Crippen LogP contribution is -2.45. The van der Waals surface area contributed by atoms with Crippen molar-refractivity contribution in [3.05, 3.63) is 30.1 Å². The number of carbonyl (C=O) groups excluding carboxylic acids is 2. The van der Waals surface area contributed by atoms with E-state index in [1.165, 1.54) is 19.5 Å². The quantitative estimate of drug-likeness (QED) is 0.795. The summed E-state index contributed by atoms with van der Waals surface area (Å²) in [4.78, 5) is 27.4. The third-order valence-corrected chi connectivity index (χ3v) is 2.67. The topological polar surface area (TPSA) is 92.1 Å². The van der Waals surface area contributed by atoms with Gasteiger partial charge in [-0.2, -0.15) is 5.26 Å². The highest BCUT2D eigenvalue weighted by Crippen LogP contribution is 2.10. The average Bonchev–Trinajstić information content (AvgIpc) is 2.44. The van der Waals surface area contributed by atoms with Crippen molar-refractivity contribution >= 4 is 11.9 Å². The second-order valence-corrected chi connectivity index (χ2v) is 4.05. The Labute approximate surface area is 111 Å². The molecule has 0 saturated heterocycles. The number of nitrogens with one attached hydrogen (secondary N) is 1. The van der Waals surface area contributed by atoms with E-state index >= 15 is 0 Å². The highest BCUT2D eigenvalue weighted by atomic mass is 16.5. The van der Waals surface area contributed by atoms with Crippen LogP contribution >= 0.6 is 0 Å². The highest BCUT2D eigenvalue weighted by Gasteiger charge is 2.27. The van der Waals surface area contributed by atoms with E-state index < -0.39 is 17.9 Å². The van der Waals surface area contributed by atoms with Crippen molar-refractivity contribution < 1.29 is 14.3 Å². The Balaban J connectivity index is 2.81. The van der Waals surface area contributed by atoms with Crippen LogP contribution in [0, 0.1) is 17.2 Å². The molecule has 6 heteroatoms. The molecule has 0 radical (unpaired) electrons. The molecule has 1 rings (SSSR count). The smallest absolute Gasteiger partial charge is 0.328 e. The molecule has 100 valence electrons. The number of ether oxygens (including phenoxy) is 1. The van der Waals surface area contributed by atoms with Crippen LogP contribution in [0.5, 0.6) is 0 Å². The lowest BCUT2D eigenvalue weighted by Gasteiger charge is -2.21. The van der Waals surface area contributed by atoms with E-state index in [1.54, 1.807) is 19.1 Å². The van der Waals surface area contributed by atoms with Gasteiger partial charge >= 0.3 is 5.97 Å². The van der Waals surface area contributed by atoms with E-state index in [4.69, 9.17) is 5.26 Å². The number of rotatable bonds is 5. The van der Waals surface area contributed by atoms with Gasteiger partial charge in [-0.3, -0.25) is 9.78 Å². The number of amides is 1. The second-order valence-electron chi connectivity index (χ2n) is 4.05. The van der Waals surface area contributed by atoms with Crippen molar-refractivity contribution in [2.45, 2.75) is 19.4 Å². The van der Waals surface area contributed by atoms with E-state index in [0.29, 0.717) is 5.56 Å². The van der Waals surface area contributed by atoms with Crippen molar-refractivity contribution in [3.63, 3.8) is 0 Å². The predicted molar refractivity (Wildman–Crippen MR) is 66.9 cm³/mol. The first kappa shape index (κ1) is 14.6. The summed E-state index contributed by atoms with van der Waals surface area (Å²) in [6.07, 6.45) is 3.12. The Morgan fingerprint density at radius 2 is 2.11 bits per heavy atom. The first-order chi connectivity index (χ1) is 9.10. The van der Waals surface area contributed by atoms with Gasteiger partial charge in [-0.1, -0.05) is 6.92 Å². The van der Waals surface area contributed by atoms with Crippen LogP contribution in [0.4, 0.5) is 0 Å². The number of hydrogen-bond acceptors (Lipinski definition) is 5. The fourth-order valence-corrected chi connectivity index (χ4v) is 1.55. The molecule has 6 nitrogen and oxygen atoms in total. The Bertz CT molecular complexity index is 482. The predicted octanol–water partition coefficient (Wildman–Crippen LogP) is 0.903. The number of carbonyl (C=O) groups is 2. The SMILES string of the molecule is COC(=O)[C@@H](NC(=O)c1ccncc1)[C@H](C)CC#N. The molecule has 0 fully saturated rings. The zero-order chi connectivity index (χ0) is 14.3. The first-order valence-electron chi connectivity index (χ1n) is 5.75. The molecule has 0 saturated carbocycles. The van der Waals surface area contributed by atoms with Gasteiger partial charge in [0.1, 0.15) is 6.04 Å². The summed E-state index contributed by atoms with van der Waals surface area (Å²) >= 11 is 0. The number of methoxy groups -OCH3 is 1. The van der Waals surface area contributed by atoms with Crippen LogP contribution in [0.15, 0.2) is 24.5 Å². The van der Waals surface area contributed by atoms with E-state index in [1.807, 2.05) is 6.07 Å². The summed E-state index contributed by atoms with van der Waals surface area (Å²) in [6.45, 7) is 1.71. The largest absolute Gasteiger partial charge is 0.467 e. The van der Waals surface area contributed by atoms with E-state index in [0.717, 1.165) is 0 Å². The average molecular weight is 261 g/mol. The third-order valence-electron chi connectivity index (χ3n) is 2.67. The number of hydrogen-bond donors (Lipinski definition) is 1. The molecule has 0 aliphatic heterocycles. The Kier molecular flexibility index (Phi) is 5.48. The third kappa shape index (κ3) is 4.07. The molecular formula is C13H15N3O3. The fraction of sp³-hybridized carbons (Fsp3) is 0.385. The summed E-state index contributed by atoms with van der Waals surface area (Å²) in [7, 11) is 1.24. The summed E-state index contributed by atoms with van der Waals surface area (Å²) in [5.41, 5.74) is 0.396. The normalized spacial score (nSPS) is 12.9. The number of nitriles is 1. The van der Waals surface area contributed by atoms with Gasteiger partial charge in [0, 0.05) is 30.3 Å². The van der Waals surface area contributed by atoms with Crippen molar-refractivity contribution in [3.8, 4) is 6.07 Å². The van der Waals surface area contributed by atoms with Gasteiger partial charge in [0.05, 0.1) is 13.2 Å². The van der Waals surface area contributed by atoms with Crippen molar-refractivity contribution in [1.82, 2.24) is 10.3 Å². The zero-order valence-electron chi connectivity index (χ0n) is 10.8. The Hall–Kier alpha value is -2.42. The first-order valence-corrected chi connectivity index (χ1v) is 5.75. The van der Waals surface area contributed by atoms with Gasteiger partial charge in [0.2, 0.25) is 0 Å². The van der Waals surface area contributed by atoms with Crippen LogP contribution in [0.3, 0.4) is 0 Å². The summed E-state index contributed by atoms with van der Waals surface area (Å²) in [5.74, 6) is -1.30. The summed E-state index contributed by atoms with van der Waals surface area (Å²) < 4.78 is 4.64. The van der Waals surface area contributed by atoms with Gasteiger partial charge < -0.3 is 10.1 Å². The van der Waals surface area contributed by atoms with Gasteiger partial charge in [0.25, 0.3) is 5.91 Å².